The van der Waals surface area contributed by atoms with Crippen molar-refractivity contribution in [1.29, 1.82) is 0 Å². The third kappa shape index (κ3) is 2.59. The summed E-state index contributed by atoms with van der Waals surface area (Å²) in [6.07, 6.45) is 3.14. The van der Waals surface area contributed by atoms with Gasteiger partial charge in [-0.1, -0.05) is 0 Å². The number of nitrogens with zero attached hydrogens (tertiary/aromatic N) is 4. The van der Waals surface area contributed by atoms with Crippen LogP contribution in [0.15, 0.2) is 42.9 Å². The molecule has 0 radical (unpaired) electrons. The summed E-state index contributed by atoms with van der Waals surface area (Å²) in [5, 5.41) is 13.8. The lowest BCUT2D eigenvalue weighted by molar-refractivity contribution is 0.102. The summed E-state index contributed by atoms with van der Waals surface area (Å²) in [6, 6.07) is 8.67. The third-order valence-corrected chi connectivity index (χ3v) is 2.88. The quantitative estimate of drug-likeness (QED) is 0.751. The zero-order valence-electron chi connectivity index (χ0n) is 11.1. The molecule has 1 amide bonds. The molecule has 106 valence electrons. The Morgan fingerprint density at radius 1 is 1.38 bits per heavy atom. The van der Waals surface area contributed by atoms with Gasteiger partial charge in [0.15, 0.2) is 0 Å². The smallest absolute Gasteiger partial charge is 0.272 e. The number of carbonyl (C=O) groups is 1. The van der Waals surface area contributed by atoms with Gasteiger partial charge in [-0.15, -0.1) is 5.10 Å². The Morgan fingerprint density at radius 3 is 2.95 bits per heavy atom. The van der Waals surface area contributed by atoms with Gasteiger partial charge in [0.05, 0.1) is 7.11 Å². The summed E-state index contributed by atoms with van der Waals surface area (Å²) < 4.78 is 6.73. The van der Waals surface area contributed by atoms with Crippen molar-refractivity contribution in [3.63, 3.8) is 0 Å². The monoisotopic (exact) mass is 284 g/mol. The number of ether oxygens (including phenoxy) is 1. The molecule has 0 aliphatic carbocycles. The molecule has 0 aliphatic heterocycles. The Hall–Kier alpha value is -3.16. The summed E-state index contributed by atoms with van der Waals surface area (Å²) in [5.74, 6) is 0.369. The molecule has 0 aliphatic rings. The number of anilines is 1. The number of rotatable bonds is 4. The van der Waals surface area contributed by atoms with Crippen LogP contribution in [0.4, 0.5) is 5.69 Å². The van der Waals surface area contributed by atoms with Gasteiger partial charge in [-0.25, -0.2) is 0 Å². The van der Waals surface area contributed by atoms with E-state index < -0.39 is 0 Å². The van der Waals surface area contributed by atoms with Gasteiger partial charge < -0.3 is 15.0 Å². The minimum atomic E-state index is -0.229. The summed E-state index contributed by atoms with van der Waals surface area (Å²) in [7, 11) is 1.56. The largest absolute Gasteiger partial charge is 0.494 e. The third-order valence-electron chi connectivity index (χ3n) is 2.88. The number of methoxy groups -OCH3 is 1. The predicted molar refractivity (Wildman–Crippen MR) is 74.5 cm³/mol. The van der Waals surface area contributed by atoms with Crippen LogP contribution in [-0.2, 0) is 0 Å². The Labute approximate surface area is 119 Å². The first-order valence-electron chi connectivity index (χ1n) is 6.14. The highest BCUT2D eigenvalue weighted by molar-refractivity contribution is 6.03. The fraction of sp³-hybridized carbons (Fsp3) is 0.0769. The molecule has 1 aromatic carbocycles. The van der Waals surface area contributed by atoms with Gasteiger partial charge in [0.25, 0.3) is 5.91 Å². The molecule has 0 spiro atoms. The van der Waals surface area contributed by atoms with Crippen molar-refractivity contribution in [2.45, 2.75) is 0 Å². The molecule has 2 aromatic heterocycles. The highest BCUT2D eigenvalue weighted by Crippen LogP contribution is 2.25. The zero-order valence-corrected chi connectivity index (χ0v) is 11.1. The van der Waals surface area contributed by atoms with Crippen molar-refractivity contribution >= 4 is 11.6 Å². The van der Waals surface area contributed by atoms with E-state index in [1.165, 1.54) is 11.0 Å². The van der Waals surface area contributed by atoms with Crippen LogP contribution in [0.1, 0.15) is 10.5 Å². The average Bonchev–Trinajstić information content (AvgIpc) is 3.20. The van der Waals surface area contributed by atoms with E-state index in [2.05, 4.69) is 25.8 Å². The average molecular weight is 284 g/mol. The van der Waals surface area contributed by atoms with Crippen molar-refractivity contribution in [3.8, 4) is 11.4 Å². The van der Waals surface area contributed by atoms with Crippen molar-refractivity contribution in [3.05, 3.63) is 48.5 Å². The second-order valence-corrected chi connectivity index (χ2v) is 4.18. The Bertz CT molecular complexity index is 736. The van der Waals surface area contributed by atoms with Crippen molar-refractivity contribution in [2.24, 2.45) is 0 Å². The van der Waals surface area contributed by atoms with E-state index in [1.807, 2.05) is 0 Å². The van der Waals surface area contributed by atoms with Gasteiger partial charge in [0, 0.05) is 11.9 Å². The molecule has 3 aromatic rings. The maximum Gasteiger partial charge on any atom is 0.272 e. The summed E-state index contributed by atoms with van der Waals surface area (Å²) >= 11 is 0. The molecule has 0 atom stereocenters. The fourth-order valence-electron chi connectivity index (χ4n) is 1.89. The highest BCUT2D eigenvalue weighted by atomic mass is 16.5. The molecule has 0 saturated heterocycles. The molecular formula is C13H12N6O2. The number of benzene rings is 1. The van der Waals surface area contributed by atoms with E-state index in [9.17, 15) is 4.79 Å². The first-order valence-corrected chi connectivity index (χ1v) is 6.14. The van der Waals surface area contributed by atoms with E-state index in [0.717, 1.165) is 0 Å². The number of H-pyrrole nitrogens is 1. The number of amides is 1. The number of aromatic amines is 1. The van der Waals surface area contributed by atoms with Gasteiger partial charge >= 0.3 is 0 Å². The van der Waals surface area contributed by atoms with Crippen molar-refractivity contribution < 1.29 is 9.53 Å². The van der Waals surface area contributed by atoms with Crippen LogP contribution in [0.5, 0.6) is 5.75 Å². The first kappa shape index (κ1) is 12.9. The van der Waals surface area contributed by atoms with Crippen LogP contribution in [0.25, 0.3) is 5.69 Å². The van der Waals surface area contributed by atoms with Crippen LogP contribution < -0.4 is 10.1 Å². The lowest BCUT2D eigenvalue weighted by Crippen LogP contribution is -2.12. The molecule has 3 rings (SSSR count). The van der Waals surface area contributed by atoms with Crippen LogP contribution in [-0.4, -0.2) is 38.2 Å². The molecule has 8 heteroatoms. The second kappa shape index (κ2) is 5.45. The van der Waals surface area contributed by atoms with Gasteiger partial charge in [-0.05, 0) is 40.8 Å². The number of carbonyl (C=O) groups excluding carboxylic acids is 1. The van der Waals surface area contributed by atoms with Crippen molar-refractivity contribution in [2.75, 3.05) is 12.4 Å². The molecule has 0 fully saturated rings. The van der Waals surface area contributed by atoms with Gasteiger partial charge in [-0.3, -0.25) is 4.79 Å². The second-order valence-electron chi connectivity index (χ2n) is 4.18. The zero-order chi connectivity index (χ0) is 14.7. The first-order chi connectivity index (χ1) is 10.3. The number of hydrogen-bond acceptors (Lipinski definition) is 5. The number of hydrogen-bond donors (Lipinski definition) is 2. The predicted octanol–water partition coefficient (Wildman–Crippen LogP) is 1.25. The molecule has 8 nitrogen and oxygen atoms in total. The summed E-state index contributed by atoms with van der Waals surface area (Å²) in [4.78, 5) is 14.9. The van der Waals surface area contributed by atoms with Gasteiger partial charge in [-0.2, -0.15) is 4.68 Å². The van der Waals surface area contributed by atoms with Gasteiger partial charge in [0.2, 0.25) is 0 Å². The SMILES string of the molecule is COc1ccc(NC(=O)c2ccc[nH]2)cc1-n1cnnn1. The Balaban J connectivity index is 1.90. The standard InChI is InChI=1S/C13H12N6O2/c1-21-12-5-4-9(7-11(12)19-8-15-17-18-19)16-13(20)10-3-2-6-14-10/h2-8,14H,1H3,(H,16,20). The van der Waals surface area contributed by atoms with Crippen LogP contribution in [0, 0.1) is 0 Å². The van der Waals surface area contributed by atoms with Crippen molar-refractivity contribution in [1.82, 2.24) is 25.2 Å². The fourth-order valence-corrected chi connectivity index (χ4v) is 1.89. The minimum Gasteiger partial charge on any atom is -0.494 e. The summed E-state index contributed by atoms with van der Waals surface area (Å²) in [6.45, 7) is 0. The maximum atomic E-state index is 12.0. The number of nitrogens with one attached hydrogen (secondary N) is 2. The molecule has 0 bridgehead atoms. The lowest BCUT2D eigenvalue weighted by atomic mass is 10.2. The number of tetrazole rings is 1. The molecular weight excluding hydrogens is 272 g/mol. The van der Waals surface area contributed by atoms with E-state index in [-0.39, 0.29) is 5.91 Å². The topological polar surface area (TPSA) is 97.7 Å². The number of aromatic nitrogens is 5. The van der Waals surface area contributed by atoms with Crippen LogP contribution in [0.2, 0.25) is 0 Å². The lowest BCUT2D eigenvalue weighted by Gasteiger charge is -2.10. The Kier molecular flexibility index (Phi) is 3.34. The molecule has 21 heavy (non-hydrogen) atoms. The van der Waals surface area contributed by atoms with E-state index in [1.54, 1.807) is 43.6 Å². The molecule has 0 unspecified atom stereocenters. The maximum absolute atomic E-state index is 12.0. The van der Waals surface area contributed by atoms with E-state index in [4.69, 9.17) is 4.74 Å². The minimum absolute atomic E-state index is 0.229. The Morgan fingerprint density at radius 2 is 2.29 bits per heavy atom. The normalized spacial score (nSPS) is 10.3. The van der Waals surface area contributed by atoms with E-state index >= 15 is 0 Å². The van der Waals surface area contributed by atoms with Crippen LogP contribution in [0.3, 0.4) is 0 Å². The molecule has 0 saturated carbocycles. The molecule has 2 N–H and O–H groups in total. The van der Waals surface area contributed by atoms with Crippen LogP contribution >= 0.6 is 0 Å². The molecule has 2 heterocycles. The highest BCUT2D eigenvalue weighted by Gasteiger charge is 2.11. The van der Waals surface area contributed by atoms with E-state index in [0.29, 0.717) is 22.8 Å². The summed E-state index contributed by atoms with van der Waals surface area (Å²) in [5.41, 5.74) is 1.72. The van der Waals surface area contributed by atoms with Gasteiger partial charge in [0.1, 0.15) is 23.5 Å².